The number of aliphatic carboxylic acids is 1. The number of carbonyl (C=O) groups is 3. The number of carboxylic acids is 1. The molecule has 6 heteroatoms. The third kappa shape index (κ3) is 2.02. The molecule has 114 valence electrons. The highest BCUT2D eigenvalue weighted by atomic mass is 16.4. The zero-order chi connectivity index (χ0) is 15.6. The van der Waals surface area contributed by atoms with E-state index >= 15 is 0 Å². The Morgan fingerprint density at radius 3 is 2.25 bits per heavy atom. The topological polar surface area (TPSA) is 101 Å². The van der Waals surface area contributed by atoms with Gasteiger partial charge in [0.25, 0.3) is 0 Å². The summed E-state index contributed by atoms with van der Waals surface area (Å²) in [6.45, 7) is 2.00. The Hall–Kier alpha value is -1.43. The van der Waals surface area contributed by atoms with E-state index in [9.17, 15) is 19.5 Å². The van der Waals surface area contributed by atoms with Crippen molar-refractivity contribution in [2.75, 3.05) is 14.1 Å². The monoisotopic (exact) mass is 284 g/mol. The molecule has 0 saturated heterocycles. The van der Waals surface area contributed by atoms with E-state index in [2.05, 4.69) is 0 Å². The normalized spacial score (nSPS) is 30.6. The molecule has 0 bridgehead atoms. The molecule has 6 nitrogen and oxygen atoms in total. The molecule has 3 atom stereocenters. The number of nitrogens with two attached hydrogens (primary N) is 1. The van der Waals surface area contributed by atoms with Crippen molar-refractivity contribution in [2.45, 2.75) is 44.6 Å². The molecule has 1 rings (SSSR count). The van der Waals surface area contributed by atoms with Gasteiger partial charge in [0.1, 0.15) is 6.29 Å². The van der Waals surface area contributed by atoms with Gasteiger partial charge in [-0.3, -0.25) is 9.59 Å². The third-order valence-electron chi connectivity index (χ3n) is 4.85. The van der Waals surface area contributed by atoms with Crippen LogP contribution in [0.2, 0.25) is 0 Å². The fraction of sp³-hybridized carbons (Fsp3) is 0.786. The first-order valence-electron chi connectivity index (χ1n) is 6.97. The number of nitrogens with zero attached hydrogens (tertiary/aromatic N) is 1. The SMILES string of the molecule is CCCCC(C=O)C1(N(C)C)CCC1(C(N)=O)C(=O)O. The first-order valence-corrected chi connectivity index (χ1v) is 6.97. The first-order chi connectivity index (χ1) is 9.31. The zero-order valence-corrected chi connectivity index (χ0v) is 12.4. The summed E-state index contributed by atoms with van der Waals surface area (Å²) in [5.41, 5.74) is 2.72. The number of carbonyl (C=O) groups excluding carboxylic acids is 2. The molecule has 0 aromatic rings. The molecule has 0 spiro atoms. The average Bonchev–Trinajstić information content (AvgIpc) is 2.31. The van der Waals surface area contributed by atoms with E-state index in [4.69, 9.17) is 5.73 Å². The van der Waals surface area contributed by atoms with Crippen molar-refractivity contribution in [2.24, 2.45) is 17.1 Å². The molecular weight excluding hydrogens is 260 g/mol. The average molecular weight is 284 g/mol. The number of hydrogen-bond donors (Lipinski definition) is 2. The molecule has 1 aliphatic rings. The lowest BCUT2D eigenvalue weighted by Crippen LogP contribution is -2.75. The van der Waals surface area contributed by atoms with Crippen LogP contribution >= 0.6 is 0 Å². The predicted molar refractivity (Wildman–Crippen MR) is 74.0 cm³/mol. The lowest BCUT2D eigenvalue weighted by atomic mass is 9.48. The maximum Gasteiger partial charge on any atom is 0.321 e. The first kappa shape index (κ1) is 16.6. The van der Waals surface area contributed by atoms with E-state index in [-0.39, 0.29) is 6.42 Å². The van der Waals surface area contributed by atoms with Gasteiger partial charge in [-0.05, 0) is 33.4 Å². The van der Waals surface area contributed by atoms with Crippen LogP contribution in [-0.2, 0) is 14.4 Å². The molecule has 1 fully saturated rings. The quantitative estimate of drug-likeness (QED) is 0.503. The summed E-state index contributed by atoms with van der Waals surface area (Å²) < 4.78 is 0. The van der Waals surface area contributed by atoms with Crippen LogP contribution in [0.3, 0.4) is 0 Å². The fourth-order valence-electron chi connectivity index (χ4n) is 3.65. The van der Waals surface area contributed by atoms with E-state index in [0.717, 1.165) is 19.1 Å². The number of hydrogen-bond acceptors (Lipinski definition) is 4. The summed E-state index contributed by atoms with van der Waals surface area (Å²) in [4.78, 5) is 36.8. The second-order valence-electron chi connectivity index (χ2n) is 5.78. The van der Waals surface area contributed by atoms with Crippen molar-refractivity contribution < 1.29 is 19.5 Å². The molecule has 3 N–H and O–H groups in total. The Balaban J connectivity index is 3.31. The summed E-state index contributed by atoms with van der Waals surface area (Å²) in [5, 5.41) is 9.57. The van der Waals surface area contributed by atoms with Crippen molar-refractivity contribution in [3.63, 3.8) is 0 Å². The van der Waals surface area contributed by atoms with Gasteiger partial charge in [0.2, 0.25) is 5.91 Å². The molecule has 3 unspecified atom stereocenters. The minimum Gasteiger partial charge on any atom is -0.480 e. The summed E-state index contributed by atoms with van der Waals surface area (Å²) in [7, 11) is 3.42. The van der Waals surface area contributed by atoms with E-state index in [1.165, 1.54) is 0 Å². The van der Waals surface area contributed by atoms with Gasteiger partial charge in [-0.2, -0.15) is 0 Å². The van der Waals surface area contributed by atoms with Crippen LogP contribution in [0.15, 0.2) is 0 Å². The highest BCUT2D eigenvalue weighted by Gasteiger charge is 2.71. The standard InChI is InChI=1S/C14H24N2O4/c1-4-5-6-10(9-17)14(16(2)3)8-7-13(14,11(15)18)12(19)20/h9-10H,4-8H2,1-3H3,(H2,15,18)(H,19,20). The number of rotatable bonds is 8. The van der Waals surface area contributed by atoms with Crippen LogP contribution in [0.4, 0.5) is 0 Å². The van der Waals surface area contributed by atoms with Gasteiger partial charge in [-0.1, -0.05) is 19.8 Å². The minimum absolute atomic E-state index is 0.187. The summed E-state index contributed by atoms with van der Waals surface area (Å²) >= 11 is 0. The van der Waals surface area contributed by atoms with Crippen LogP contribution in [0.5, 0.6) is 0 Å². The predicted octanol–water partition coefficient (Wildman–Crippen LogP) is 0.642. The smallest absolute Gasteiger partial charge is 0.321 e. The van der Waals surface area contributed by atoms with Crippen LogP contribution in [-0.4, -0.2) is 47.8 Å². The highest BCUT2D eigenvalue weighted by Crippen LogP contribution is 2.57. The molecule has 20 heavy (non-hydrogen) atoms. The maximum atomic E-state index is 11.9. The van der Waals surface area contributed by atoms with Crippen LogP contribution < -0.4 is 5.73 Å². The molecule has 0 aromatic heterocycles. The fourth-order valence-corrected chi connectivity index (χ4v) is 3.65. The number of aldehydes is 1. The Bertz CT molecular complexity index is 394. The number of amides is 1. The van der Waals surface area contributed by atoms with Gasteiger partial charge in [0.15, 0.2) is 5.41 Å². The van der Waals surface area contributed by atoms with Gasteiger partial charge in [0.05, 0.1) is 5.54 Å². The van der Waals surface area contributed by atoms with Gasteiger partial charge in [-0.15, -0.1) is 0 Å². The van der Waals surface area contributed by atoms with Gasteiger partial charge >= 0.3 is 5.97 Å². The number of carboxylic acid groups (broad SMARTS) is 1. The van der Waals surface area contributed by atoms with Crippen molar-refractivity contribution >= 4 is 18.2 Å². The number of primary amides is 1. The van der Waals surface area contributed by atoms with Crippen molar-refractivity contribution in [1.29, 1.82) is 0 Å². The molecule has 1 saturated carbocycles. The Kier molecular flexibility index (Phi) is 4.91. The molecule has 0 aliphatic heterocycles. The van der Waals surface area contributed by atoms with E-state index in [0.29, 0.717) is 12.8 Å². The molecule has 0 heterocycles. The van der Waals surface area contributed by atoms with Gasteiger partial charge < -0.3 is 20.5 Å². The van der Waals surface area contributed by atoms with Crippen molar-refractivity contribution in [3.05, 3.63) is 0 Å². The number of unbranched alkanes of at least 4 members (excludes halogenated alkanes) is 1. The molecule has 0 radical (unpaired) electrons. The lowest BCUT2D eigenvalue weighted by Gasteiger charge is -2.60. The van der Waals surface area contributed by atoms with Crippen molar-refractivity contribution in [1.82, 2.24) is 4.90 Å². The Labute approximate surface area is 119 Å². The summed E-state index contributed by atoms with van der Waals surface area (Å²) in [6, 6.07) is 0. The lowest BCUT2D eigenvalue weighted by molar-refractivity contribution is -0.191. The third-order valence-corrected chi connectivity index (χ3v) is 4.85. The molecule has 1 amide bonds. The molecular formula is C14H24N2O4. The molecule has 0 aromatic carbocycles. The second kappa shape index (κ2) is 5.91. The minimum atomic E-state index is -1.67. The van der Waals surface area contributed by atoms with E-state index in [1.54, 1.807) is 19.0 Å². The molecule has 1 aliphatic carbocycles. The van der Waals surface area contributed by atoms with Crippen molar-refractivity contribution in [3.8, 4) is 0 Å². The van der Waals surface area contributed by atoms with Gasteiger partial charge in [-0.25, -0.2) is 0 Å². The van der Waals surface area contributed by atoms with Crippen LogP contribution in [0.1, 0.15) is 39.0 Å². The maximum absolute atomic E-state index is 11.9. The van der Waals surface area contributed by atoms with Gasteiger partial charge in [0, 0.05) is 5.92 Å². The summed E-state index contributed by atoms with van der Waals surface area (Å²) in [5.74, 6) is -2.59. The zero-order valence-electron chi connectivity index (χ0n) is 12.4. The van der Waals surface area contributed by atoms with Crippen LogP contribution in [0, 0.1) is 11.3 Å². The largest absolute Gasteiger partial charge is 0.480 e. The van der Waals surface area contributed by atoms with Crippen LogP contribution in [0.25, 0.3) is 0 Å². The van der Waals surface area contributed by atoms with E-state index < -0.39 is 28.7 Å². The Morgan fingerprint density at radius 1 is 1.40 bits per heavy atom. The second-order valence-corrected chi connectivity index (χ2v) is 5.78. The van der Waals surface area contributed by atoms with E-state index in [1.807, 2.05) is 6.92 Å². The Morgan fingerprint density at radius 2 is 2.00 bits per heavy atom. The highest BCUT2D eigenvalue weighted by molar-refractivity contribution is 6.04. The summed E-state index contributed by atoms with van der Waals surface area (Å²) in [6.07, 6.45) is 3.75.